The maximum atomic E-state index is 13.8. The van der Waals surface area contributed by atoms with E-state index in [0.29, 0.717) is 35.7 Å². The molecule has 3 aromatic heterocycles. The molecule has 13 heteroatoms. The Morgan fingerprint density at radius 1 is 1.10 bits per heavy atom. The lowest BCUT2D eigenvalue weighted by atomic mass is 10.1. The van der Waals surface area contributed by atoms with Crippen LogP contribution in [0.25, 0.3) is 5.65 Å². The lowest BCUT2D eigenvalue weighted by Crippen LogP contribution is -2.31. The van der Waals surface area contributed by atoms with Gasteiger partial charge in [0.05, 0.1) is 23.5 Å². The number of hydrogen-bond acceptors (Lipinski definition) is 8. The third kappa shape index (κ3) is 5.36. The van der Waals surface area contributed by atoms with Crippen molar-refractivity contribution in [2.75, 3.05) is 16.5 Å². The van der Waals surface area contributed by atoms with Gasteiger partial charge in [0.15, 0.2) is 5.69 Å². The molecular weight excluding hydrogens is 559 g/mol. The van der Waals surface area contributed by atoms with Gasteiger partial charge in [-0.25, -0.2) is 27.5 Å². The van der Waals surface area contributed by atoms with Gasteiger partial charge in [-0.15, -0.1) is 0 Å². The molecule has 208 valence electrons. The lowest BCUT2D eigenvalue weighted by Gasteiger charge is -2.23. The summed E-state index contributed by atoms with van der Waals surface area (Å²) in [5.74, 6) is -0.755. The molecule has 0 bridgehead atoms. The number of pyridine rings is 2. The fourth-order valence-electron chi connectivity index (χ4n) is 4.88. The molecular formula is C27H26ClFN6O4S. The molecule has 2 N–H and O–H groups in total. The summed E-state index contributed by atoms with van der Waals surface area (Å²) in [6.45, 7) is 6.30. The second kappa shape index (κ2) is 10.2. The normalized spacial score (nSPS) is 13.8. The molecule has 0 aliphatic carbocycles. The number of sulfonamides is 1. The molecule has 0 saturated heterocycles. The van der Waals surface area contributed by atoms with Crippen LogP contribution in [0.5, 0.6) is 0 Å². The summed E-state index contributed by atoms with van der Waals surface area (Å²) in [5, 5.41) is 3.21. The van der Waals surface area contributed by atoms with Gasteiger partial charge in [-0.05, 0) is 67.8 Å². The van der Waals surface area contributed by atoms with E-state index in [-0.39, 0.29) is 27.9 Å². The van der Waals surface area contributed by atoms with Crippen molar-refractivity contribution in [3.8, 4) is 0 Å². The van der Waals surface area contributed by atoms with Crippen molar-refractivity contribution in [1.29, 1.82) is 0 Å². The number of nitrogens with zero attached hydrogens (tertiary/aromatic N) is 4. The van der Waals surface area contributed by atoms with Gasteiger partial charge in [-0.1, -0.05) is 17.7 Å². The quantitative estimate of drug-likeness (QED) is 0.327. The molecule has 1 amide bonds. The third-order valence-electron chi connectivity index (χ3n) is 6.67. The molecule has 0 saturated carbocycles. The number of amides is 1. The van der Waals surface area contributed by atoms with E-state index in [2.05, 4.69) is 10.3 Å². The summed E-state index contributed by atoms with van der Waals surface area (Å²) < 4.78 is 40.5. The van der Waals surface area contributed by atoms with Crippen molar-refractivity contribution in [1.82, 2.24) is 19.1 Å². The minimum absolute atomic E-state index is 0.0117. The predicted molar refractivity (Wildman–Crippen MR) is 151 cm³/mol. The van der Waals surface area contributed by atoms with Crippen LogP contribution in [-0.4, -0.2) is 34.9 Å². The van der Waals surface area contributed by atoms with Crippen molar-refractivity contribution < 1.29 is 17.6 Å². The molecule has 4 heterocycles. The van der Waals surface area contributed by atoms with Gasteiger partial charge in [0, 0.05) is 24.8 Å². The fourth-order valence-corrected chi connectivity index (χ4v) is 5.46. The molecule has 1 aliphatic rings. The average Bonchev–Trinajstić information content (AvgIpc) is 3.28. The number of carbonyl (C=O) groups is 1. The van der Waals surface area contributed by atoms with Gasteiger partial charge < -0.3 is 10.2 Å². The zero-order valence-corrected chi connectivity index (χ0v) is 23.7. The minimum atomic E-state index is -3.84. The molecule has 0 fully saturated rings. The van der Waals surface area contributed by atoms with E-state index in [0.717, 1.165) is 22.9 Å². The maximum absolute atomic E-state index is 13.8. The first kappa shape index (κ1) is 27.5. The zero-order chi connectivity index (χ0) is 28.9. The molecule has 1 aliphatic heterocycles. The second-order valence-corrected chi connectivity index (χ2v) is 12.0. The first-order valence-electron chi connectivity index (χ1n) is 12.3. The minimum Gasteiger partial charge on any atom is -0.376 e. The van der Waals surface area contributed by atoms with Crippen LogP contribution in [0.4, 0.5) is 15.9 Å². The second-order valence-electron chi connectivity index (χ2n) is 9.90. The van der Waals surface area contributed by atoms with Gasteiger partial charge in [0.25, 0.3) is 11.5 Å². The zero-order valence-electron chi connectivity index (χ0n) is 22.1. The Kier molecular flexibility index (Phi) is 7.01. The number of halogens is 2. The van der Waals surface area contributed by atoms with E-state index < -0.39 is 22.0 Å². The van der Waals surface area contributed by atoms with Crippen molar-refractivity contribution >= 4 is 44.7 Å². The van der Waals surface area contributed by atoms with Crippen molar-refractivity contribution in [2.24, 2.45) is 0 Å². The molecule has 40 heavy (non-hydrogen) atoms. The van der Waals surface area contributed by atoms with E-state index in [1.54, 1.807) is 19.2 Å². The molecule has 1 aromatic carbocycles. The van der Waals surface area contributed by atoms with Crippen molar-refractivity contribution in [3.63, 3.8) is 0 Å². The largest absolute Gasteiger partial charge is 0.376 e. The number of fused-ring (bicyclic) bond motifs is 2. The van der Waals surface area contributed by atoms with Gasteiger partial charge >= 0.3 is 0 Å². The van der Waals surface area contributed by atoms with Gasteiger partial charge in [-0.2, -0.15) is 0 Å². The van der Waals surface area contributed by atoms with Gasteiger partial charge in [-0.3, -0.25) is 14.0 Å². The van der Waals surface area contributed by atoms with Crippen LogP contribution >= 0.6 is 11.6 Å². The Labute approximate surface area is 234 Å². The summed E-state index contributed by atoms with van der Waals surface area (Å²) in [4.78, 5) is 37.1. The predicted octanol–water partition coefficient (Wildman–Crippen LogP) is 3.88. The molecule has 4 aromatic rings. The van der Waals surface area contributed by atoms with Crippen LogP contribution in [0.3, 0.4) is 0 Å². The highest BCUT2D eigenvalue weighted by molar-refractivity contribution is 7.89. The van der Waals surface area contributed by atoms with Crippen LogP contribution in [0.1, 0.15) is 51.3 Å². The number of rotatable bonds is 6. The standard InChI is InChI=1S/C27H26ClFN6O4S/c1-14-9-20(16(3)30-21-7-8-22(28)31-23(21)26(36)33-40(4,38)39)25-32-24(15(2)27(37)35(25)11-14)34-12-17-5-6-19(29)10-18(17)13-34/h5-11,16,30H,12-13H2,1-4H3,(H,33,36)/t16-/m1/s1. The molecule has 5 rings (SSSR count). The van der Waals surface area contributed by atoms with Crippen molar-refractivity contribution in [2.45, 2.75) is 39.9 Å². The number of nitrogens with one attached hydrogen (secondary N) is 2. The first-order valence-corrected chi connectivity index (χ1v) is 14.6. The van der Waals surface area contributed by atoms with E-state index in [9.17, 15) is 22.4 Å². The van der Waals surface area contributed by atoms with E-state index in [4.69, 9.17) is 16.6 Å². The number of hydrogen-bond donors (Lipinski definition) is 2. The third-order valence-corrected chi connectivity index (χ3v) is 7.44. The number of carbonyl (C=O) groups excluding carboxylic acids is 1. The summed E-state index contributed by atoms with van der Waals surface area (Å²) in [7, 11) is -3.84. The Morgan fingerprint density at radius 2 is 1.82 bits per heavy atom. The SMILES string of the molecule is Cc1cc([C@@H](C)Nc2ccc(Cl)nc2C(=O)NS(C)(=O)=O)c2nc(N3Cc4ccc(F)cc4C3)c(C)c(=O)n2c1. The number of anilines is 2. The van der Waals surface area contributed by atoms with Gasteiger partial charge in [0.1, 0.15) is 22.4 Å². The summed E-state index contributed by atoms with van der Waals surface area (Å²) >= 11 is 6.00. The van der Waals surface area contributed by atoms with Crippen LogP contribution in [-0.2, 0) is 23.1 Å². The molecule has 0 unspecified atom stereocenters. The smallest absolute Gasteiger partial charge is 0.285 e. The van der Waals surface area contributed by atoms with Crippen molar-refractivity contribution in [3.05, 3.63) is 97.4 Å². The van der Waals surface area contributed by atoms with Crippen LogP contribution in [0, 0.1) is 19.7 Å². The number of aromatic nitrogens is 3. The molecule has 0 spiro atoms. The average molecular weight is 585 g/mol. The fraction of sp³-hybridized carbons (Fsp3) is 0.259. The Balaban J connectivity index is 1.56. The maximum Gasteiger partial charge on any atom is 0.285 e. The number of aryl methyl sites for hydroxylation is 1. The monoisotopic (exact) mass is 584 g/mol. The first-order chi connectivity index (χ1) is 18.8. The Hall–Kier alpha value is -4.03. The summed E-state index contributed by atoms with van der Waals surface area (Å²) in [6, 6.07) is 9.03. The highest BCUT2D eigenvalue weighted by Crippen LogP contribution is 2.31. The van der Waals surface area contributed by atoms with Crippen LogP contribution in [0.2, 0.25) is 5.15 Å². The number of benzene rings is 1. The lowest BCUT2D eigenvalue weighted by molar-refractivity contribution is 0.0977. The van der Waals surface area contributed by atoms with Crippen LogP contribution in [0.15, 0.2) is 47.4 Å². The van der Waals surface area contributed by atoms with E-state index >= 15 is 0 Å². The highest BCUT2D eigenvalue weighted by atomic mass is 35.5. The summed E-state index contributed by atoms with van der Waals surface area (Å²) in [5.41, 5.74) is 3.95. The van der Waals surface area contributed by atoms with Gasteiger partial charge in [0.2, 0.25) is 10.0 Å². The highest BCUT2D eigenvalue weighted by Gasteiger charge is 2.26. The Bertz CT molecular complexity index is 1860. The Morgan fingerprint density at radius 3 is 2.55 bits per heavy atom. The molecule has 0 radical (unpaired) electrons. The molecule has 1 atom stereocenters. The van der Waals surface area contributed by atoms with Crippen LogP contribution < -0.4 is 20.5 Å². The van der Waals surface area contributed by atoms with E-state index in [1.165, 1.54) is 28.7 Å². The van der Waals surface area contributed by atoms with E-state index in [1.807, 2.05) is 29.5 Å². The summed E-state index contributed by atoms with van der Waals surface area (Å²) in [6.07, 6.45) is 2.57. The topological polar surface area (TPSA) is 126 Å². The molecule has 10 nitrogen and oxygen atoms in total.